The van der Waals surface area contributed by atoms with Crippen LogP contribution in [0.5, 0.6) is 5.75 Å². The van der Waals surface area contributed by atoms with Gasteiger partial charge >= 0.3 is 5.97 Å². The van der Waals surface area contributed by atoms with E-state index in [4.69, 9.17) is 9.47 Å². The average molecular weight is 279 g/mol. The quantitative estimate of drug-likeness (QED) is 0.686. The maximum atomic E-state index is 11.3. The van der Waals surface area contributed by atoms with Gasteiger partial charge in [-0.1, -0.05) is 19.1 Å². The molecule has 0 saturated carbocycles. The second kappa shape index (κ2) is 8.59. The van der Waals surface area contributed by atoms with Gasteiger partial charge in [0.1, 0.15) is 12.4 Å². The third-order valence-electron chi connectivity index (χ3n) is 3.13. The van der Waals surface area contributed by atoms with Crippen LogP contribution in [0.1, 0.15) is 24.5 Å². The first-order valence-electron chi connectivity index (χ1n) is 7.06. The molecule has 20 heavy (non-hydrogen) atoms. The highest BCUT2D eigenvalue weighted by Crippen LogP contribution is 2.18. The van der Waals surface area contributed by atoms with Crippen molar-refractivity contribution in [2.45, 2.75) is 27.2 Å². The van der Waals surface area contributed by atoms with Gasteiger partial charge in [0.2, 0.25) is 0 Å². The molecule has 0 unspecified atom stereocenters. The molecular formula is C16H25NO3. The number of carbonyl (C=O) groups excluding carboxylic acids is 1. The summed E-state index contributed by atoms with van der Waals surface area (Å²) < 4.78 is 10.5. The number of ether oxygens (including phenoxy) is 2. The van der Waals surface area contributed by atoms with E-state index in [-0.39, 0.29) is 5.97 Å². The van der Waals surface area contributed by atoms with Gasteiger partial charge in [0, 0.05) is 6.54 Å². The minimum atomic E-state index is -0.204. The molecule has 4 heteroatoms. The highest BCUT2D eigenvalue weighted by molar-refractivity contribution is 5.71. The first kappa shape index (κ1) is 16.5. The monoisotopic (exact) mass is 279 g/mol. The van der Waals surface area contributed by atoms with Gasteiger partial charge in [0.15, 0.2) is 0 Å². The summed E-state index contributed by atoms with van der Waals surface area (Å²) in [6.45, 7) is 8.65. The predicted molar refractivity (Wildman–Crippen MR) is 80.2 cm³/mol. The van der Waals surface area contributed by atoms with Gasteiger partial charge in [-0.25, -0.2) is 0 Å². The molecule has 0 heterocycles. The summed E-state index contributed by atoms with van der Waals surface area (Å²) in [5, 5.41) is 0. The molecule has 0 fully saturated rings. The fraction of sp³-hybridized carbons (Fsp3) is 0.562. The Morgan fingerprint density at radius 2 is 2.00 bits per heavy atom. The Bertz CT molecular complexity index is 432. The maximum absolute atomic E-state index is 11.3. The Balaban J connectivity index is 2.47. The van der Waals surface area contributed by atoms with Crippen LogP contribution in [0.15, 0.2) is 18.2 Å². The minimum Gasteiger partial charge on any atom is -0.492 e. The van der Waals surface area contributed by atoms with E-state index in [1.807, 2.05) is 19.9 Å². The van der Waals surface area contributed by atoms with E-state index < -0.39 is 0 Å². The van der Waals surface area contributed by atoms with Gasteiger partial charge in [-0.2, -0.15) is 0 Å². The van der Waals surface area contributed by atoms with Crippen molar-refractivity contribution in [2.24, 2.45) is 0 Å². The zero-order valence-corrected chi connectivity index (χ0v) is 12.9. The largest absolute Gasteiger partial charge is 0.492 e. The Kier molecular flexibility index (Phi) is 7.09. The number of esters is 1. The lowest BCUT2D eigenvalue weighted by molar-refractivity contribution is -0.142. The summed E-state index contributed by atoms with van der Waals surface area (Å²) in [4.78, 5) is 13.4. The number of nitrogens with zero attached hydrogens (tertiary/aromatic N) is 1. The van der Waals surface area contributed by atoms with E-state index >= 15 is 0 Å². The van der Waals surface area contributed by atoms with Crippen LogP contribution in [-0.4, -0.2) is 44.2 Å². The number of rotatable bonds is 8. The Hall–Kier alpha value is -1.55. The van der Waals surface area contributed by atoms with Crippen LogP contribution < -0.4 is 4.74 Å². The van der Waals surface area contributed by atoms with Gasteiger partial charge < -0.3 is 9.47 Å². The molecule has 1 rings (SSSR count). The number of benzene rings is 1. The van der Waals surface area contributed by atoms with Crippen molar-refractivity contribution < 1.29 is 14.3 Å². The van der Waals surface area contributed by atoms with Gasteiger partial charge in [-0.15, -0.1) is 0 Å². The van der Waals surface area contributed by atoms with E-state index in [9.17, 15) is 4.79 Å². The van der Waals surface area contributed by atoms with E-state index in [0.29, 0.717) is 13.2 Å². The van der Waals surface area contributed by atoms with Crippen LogP contribution in [0.2, 0.25) is 0 Å². The first-order valence-corrected chi connectivity index (χ1v) is 7.06. The smallest absolute Gasteiger partial charge is 0.319 e. The van der Waals surface area contributed by atoms with E-state index in [0.717, 1.165) is 30.8 Å². The lowest BCUT2D eigenvalue weighted by Gasteiger charge is -2.20. The van der Waals surface area contributed by atoms with Crippen LogP contribution in [0.25, 0.3) is 0 Å². The molecule has 0 aliphatic rings. The molecule has 0 aromatic heterocycles. The average Bonchev–Trinajstić information content (AvgIpc) is 2.42. The van der Waals surface area contributed by atoms with Crippen molar-refractivity contribution in [3.63, 3.8) is 0 Å². The lowest BCUT2D eigenvalue weighted by atomic mass is 10.1. The van der Waals surface area contributed by atoms with Crippen molar-refractivity contribution in [1.82, 2.24) is 4.90 Å². The predicted octanol–water partition coefficient (Wildman–Crippen LogP) is 2.57. The van der Waals surface area contributed by atoms with E-state index in [1.165, 1.54) is 12.7 Å². The summed E-state index contributed by atoms with van der Waals surface area (Å²) in [5.74, 6) is 0.713. The molecule has 0 amide bonds. The highest BCUT2D eigenvalue weighted by Gasteiger charge is 2.10. The third-order valence-corrected chi connectivity index (χ3v) is 3.13. The molecule has 0 N–H and O–H groups in total. The number of methoxy groups -OCH3 is 1. The molecule has 0 aliphatic heterocycles. The molecule has 1 aromatic rings. The Morgan fingerprint density at radius 3 is 2.65 bits per heavy atom. The zero-order chi connectivity index (χ0) is 15.0. The summed E-state index contributed by atoms with van der Waals surface area (Å²) in [7, 11) is 1.42. The van der Waals surface area contributed by atoms with Crippen LogP contribution in [0.4, 0.5) is 0 Å². The topological polar surface area (TPSA) is 38.8 Å². The molecule has 0 bridgehead atoms. The molecule has 0 saturated heterocycles. The molecule has 4 nitrogen and oxygen atoms in total. The fourth-order valence-electron chi connectivity index (χ4n) is 1.98. The lowest BCUT2D eigenvalue weighted by Crippen LogP contribution is -2.34. The van der Waals surface area contributed by atoms with Crippen molar-refractivity contribution in [3.05, 3.63) is 29.3 Å². The Labute approximate surface area is 121 Å². The van der Waals surface area contributed by atoms with Crippen LogP contribution in [0.3, 0.4) is 0 Å². The van der Waals surface area contributed by atoms with E-state index in [1.54, 1.807) is 0 Å². The minimum absolute atomic E-state index is 0.204. The van der Waals surface area contributed by atoms with E-state index in [2.05, 4.69) is 24.0 Å². The molecule has 0 aliphatic carbocycles. The summed E-state index contributed by atoms with van der Waals surface area (Å²) in [6.07, 6.45) is 1.00. The molecule has 0 spiro atoms. The molecule has 1 aromatic carbocycles. The molecule has 112 valence electrons. The maximum Gasteiger partial charge on any atom is 0.319 e. The number of carbonyl (C=O) groups is 1. The molecular weight excluding hydrogens is 254 g/mol. The zero-order valence-electron chi connectivity index (χ0n) is 12.9. The molecule has 0 atom stereocenters. The normalized spacial score (nSPS) is 10.7. The van der Waals surface area contributed by atoms with Crippen molar-refractivity contribution in [2.75, 3.05) is 33.4 Å². The van der Waals surface area contributed by atoms with Gasteiger partial charge in [-0.05, 0) is 44.0 Å². The van der Waals surface area contributed by atoms with Crippen molar-refractivity contribution in [1.29, 1.82) is 0 Å². The van der Waals surface area contributed by atoms with Crippen molar-refractivity contribution >= 4 is 5.97 Å². The number of hydrogen-bond acceptors (Lipinski definition) is 4. The van der Waals surface area contributed by atoms with Gasteiger partial charge in [0.25, 0.3) is 0 Å². The molecule has 0 radical (unpaired) electrons. The summed E-state index contributed by atoms with van der Waals surface area (Å²) in [6, 6.07) is 6.17. The summed E-state index contributed by atoms with van der Waals surface area (Å²) in [5.41, 5.74) is 2.32. The van der Waals surface area contributed by atoms with Crippen LogP contribution in [-0.2, 0) is 9.53 Å². The Morgan fingerprint density at radius 1 is 1.25 bits per heavy atom. The second-order valence-electron chi connectivity index (χ2n) is 4.97. The number of aryl methyl sites for hydroxylation is 2. The SMILES string of the molecule is CCCN(CCOc1cc(C)ccc1C)CC(=O)OC. The second-order valence-corrected chi connectivity index (χ2v) is 4.97. The van der Waals surface area contributed by atoms with Crippen LogP contribution >= 0.6 is 0 Å². The van der Waals surface area contributed by atoms with Crippen molar-refractivity contribution in [3.8, 4) is 5.75 Å². The van der Waals surface area contributed by atoms with Gasteiger partial charge in [0.05, 0.1) is 13.7 Å². The standard InChI is InChI=1S/C16H25NO3/c1-5-8-17(12-16(18)19-4)9-10-20-15-11-13(2)6-7-14(15)3/h6-7,11H,5,8-10,12H2,1-4H3. The fourth-order valence-corrected chi connectivity index (χ4v) is 1.98. The summed E-state index contributed by atoms with van der Waals surface area (Å²) >= 11 is 0. The first-order chi connectivity index (χ1) is 9.56. The van der Waals surface area contributed by atoms with Gasteiger partial charge in [-0.3, -0.25) is 9.69 Å². The third kappa shape index (κ3) is 5.61. The number of hydrogen-bond donors (Lipinski definition) is 0. The highest BCUT2D eigenvalue weighted by atomic mass is 16.5. The van der Waals surface area contributed by atoms with Crippen LogP contribution in [0, 0.1) is 13.8 Å².